The molecule has 0 aromatic heterocycles. The largest absolute Gasteiger partial charge is 0.466 e. The molecule has 0 amide bonds. The van der Waals surface area contributed by atoms with Crippen LogP contribution >= 0.6 is 0 Å². The number of esters is 2. The Balaban J connectivity index is 2.32. The molecule has 1 fully saturated rings. The van der Waals surface area contributed by atoms with Crippen molar-refractivity contribution >= 4 is 29.0 Å². The van der Waals surface area contributed by atoms with E-state index in [1.54, 1.807) is 12.1 Å². The summed E-state index contributed by atoms with van der Waals surface area (Å²) in [4.78, 5) is 36.0. The monoisotopic (exact) mass is 365 g/mol. The number of benzene rings is 1. The fourth-order valence-corrected chi connectivity index (χ4v) is 2.41. The molecule has 1 aromatic carbocycles. The molecule has 0 unspecified atom stereocenters. The van der Waals surface area contributed by atoms with Crippen molar-refractivity contribution in [1.82, 2.24) is 0 Å². The van der Waals surface area contributed by atoms with E-state index < -0.39 is 16.9 Å². The number of hydrogen-bond donors (Lipinski definition) is 1. The van der Waals surface area contributed by atoms with E-state index in [0.717, 1.165) is 20.3 Å². The van der Waals surface area contributed by atoms with E-state index in [4.69, 9.17) is 4.74 Å². The molecule has 2 rings (SSSR count). The van der Waals surface area contributed by atoms with E-state index in [-0.39, 0.29) is 17.1 Å². The lowest BCUT2D eigenvalue weighted by molar-refractivity contribution is -0.384. The van der Waals surface area contributed by atoms with Gasteiger partial charge in [-0.15, -0.1) is 0 Å². The number of nitrogens with zero attached hydrogens (tertiary/aromatic N) is 2. The van der Waals surface area contributed by atoms with Crippen LogP contribution in [0.5, 0.6) is 0 Å². The Morgan fingerprint density at radius 1 is 1.27 bits per heavy atom. The highest BCUT2D eigenvalue weighted by molar-refractivity contribution is 5.98. The van der Waals surface area contributed by atoms with Crippen molar-refractivity contribution in [3.8, 4) is 0 Å². The fraction of sp³-hybridized carbons (Fsp3) is 0.375. The third-order valence-electron chi connectivity index (χ3n) is 3.67. The van der Waals surface area contributed by atoms with Gasteiger partial charge in [0.15, 0.2) is 0 Å². The Morgan fingerprint density at radius 3 is 2.54 bits per heavy atom. The van der Waals surface area contributed by atoms with E-state index in [1.165, 1.54) is 6.07 Å². The summed E-state index contributed by atoms with van der Waals surface area (Å²) >= 11 is 0. The molecular weight excluding hydrogens is 346 g/mol. The summed E-state index contributed by atoms with van der Waals surface area (Å²) in [5, 5.41) is 14.1. The Morgan fingerprint density at radius 2 is 1.96 bits per heavy atom. The van der Waals surface area contributed by atoms with E-state index >= 15 is 0 Å². The number of carbonyl (C=O) groups is 2. The van der Waals surface area contributed by atoms with Crippen LogP contribution in [0, 0.1) is 10.1 Å². The molecule has 1 aliphatic heterocycles. The first kappa shape index (κ1) is 19.2. The van der Waals surface area contributed by atoms with E-state index in [1.807, 2.05) is 4.90 Å². The summed E-state index contributed by atoms with van der Waals surface area (Å²) in [6.45, 7) is 2.07. The van der Waals surface area contributed by atoms with Crippen LogP contribution in [0.2, 0.25) is 0 Å². The Labute approximate surface area is 149 Å². The second kappa shape index (κ2) is 8.81. The second-order valence-corrected chi connectivity index (χ2v) is 5.26. The molecule has 1 aromatic rings. The van der Waals surface area contributed by atoms with Crippen LogP contribution in [0.15, 0.2) is 30.0 Å². The maximum Gasteiger partial charge on any atom is 0.354 e. The van der Waals surface area contributed by atoms with E-state index in [0.29, 0.717) is 32.0 Å². The second-order valence-electron chi connectivity index (χ2n) is 5.26. The molecule has 140 valence electrons. The molecule has 0 atom stereocenters. The third-order valence-corrected chi connectivity index (χ3v) is 3.67. The number of nitrogens with one attached hydrogen (secondary N) is 1. The molecule has 0 saturated carbocycles. The van der Waals surface area contributed by atoms with Gasteiger partial charge in [-0.25, -0.2) is 9.59 Å². The van der Waals surface area contributed by atoms with Gasteiger partial charge in [-0.05, 0) is 12.1 Å². The maximum atomic E-state index is 11.8. The van der Waals surface area contributed by atoms with Gasteiger partial charge in [0.25, 0.3) is 5.69 Å². The van der Waals surface area contributed by atoms with Crippen molar-refractivity contribution in [2.45, 2.75) is 0 Å². The minimum Gasteiger partial charge on any atom is -0.466 e. The van der Waals surface area contributed by atoms with Gasteiger partial charge in [-0.1, -0.05) is 0 Å². The maximum absolute atomic E-state index is 11.8. The van der Waals surface area contributed by atoms with Gasteiger partial charge >= 0.3 is 11.9 Å². The lowest BCUT2D eigenvalue weighted by Crippen LogP contribution is -2.36. The SMILES string of the molecule is COC(=O)/C=C(/Nc1ccc(N2CCOCC2)c([N+](=O)[O-])c1)C(=O)OC. The van der Waals surface area contributed by atoms with Gasteiger partial charge in [0.05, 0.1) is 38.4 Å². The fourth-order valence-electron chi connectivity index (χ4n) is 2.41. The highest BCUT2D eigenvalue weighted by atomic mass is 16.6. The van der Waals surface area contributed by atoms with E-state index in [9.17, 15) is 19.7 Å². The molecule has 1 saturated heterocycles. The zero-order valence-electron chi connectivity index (χ0n) is 14.4. The number of rotatable bonds is 6. The number of ether oxygens (including phenoxy) is 3. The lowest BCUT2D eigenvalue weighted by atomic mass is 10.2. The van der Waals surface area contributed by atoms with Gasteiger partial charge < -0.3 is 24.4 Å². The molecule has 10 heteroatoms. The van der Waals surface area contributed by atoms with Crippen molar-refractivity contribution in [3.63, 3.8) is 0 Å². The van der Waals surface area contributed by atoms with Crippen LogP contribution in [-0.2, 0) is 23.8 Å². The summed E-state index contributed by atoms with van der Waals surface area (Å²) in [5.74, 6) is -1.58. The predicted molar refractivity (Wildman–Crippen MR) is 91.9 cm³/mol. The van der Waals surface area contributed by atoms with Crippen molar-refractivity contribution in [2.24, 2.45) is 0 Å². The summed E-state index contributed by atoms with van der Waals surface area (Å²) in [7, 11) is 2.31. The smallest absolute Gasteiger partial charge is 0.354 e. The molecule has 26 heavy (non-hydrogen) atoms. The molecule has 0 radical (unpaired) electrons. The predicted octanol–water partition coefficient (Wildman–Crippen LogP) is 1.07. The molecule has 0 aliphatic carbocycles. The number of methoxy groups -OCH3 is 2. The van der Waals surface area contributed by atoms with Crippen LogP contribution in [0.25, 0.3) is 0 Å². The zero-order chi connectivity index (χ0) is 19.1. The molecule has 1 N–H and O–H groups in total. The van der Waals surface area contributed by atoms with Crippen LogP contribution in [0.1, 0.15) is 0 Å². The first-order chi connectivity index (χ1) is 12.5. The van der Waals surface area contributed by atoms with Crippen LogP contribution in [-0.4, -0.2) is 57.4 Å². The standard InChI is InChI=1S/C16H19N3O7/c1-24-15(20)10-12(16(21)25-2)17-11-3-4-13(14(9-11)19(22)23)18-5-7-26-8-6-18/h3-4,9-10,17H,5-8H2,1-2H3/b12-10+. The molecule has 1 aliphatic rings. The molecule has 10 nitrogen and oxygen atoms in total. The average molecular weight is 365 g/mol. The van der Waals surface area contributed by atoms with Crippen LogP contribution < -0.4 is 10.2 Å². The lowest BCUT2D eigenvalue weighted by Gasteiger charge is -2.28. The van der Waals surface area contributed by atoms with Crippen molar-refractivity contribution < 1.29 is 28.7 Å². The van der Waals surface area contributed by atoms with Crippen LogP contribution in [0.3, 0.4) is 0 Å². The number of morpholine rings is 1. The minimum atomic E-state index is -0.810. The zero-order valence-corrected chi connectivity index (χ0v) is 14.4. The van der Waals surface area contributed by atoms with Gasteiger partial charge in [-0.2, -0.15) is 0 Å². The van der Waals surface area contributed by atoms with Crippen molar-refractivity contribution in [1.29, 1.82) is 0 Å². The highest BCUT2D eigenvalue weighted by Gasteiger charge is 2.23. The summed E-state index contributed by atoms with van der Waals surface area (Å²) < 4.78 is 14.3. The summed E-state index contributed by atoms with van der Waals surface area (Å²) in [6.07, 6.45) is 0.910. The Hall–Kier alpha value is -3.14. The first-order valence-electron chi connectivity index (χ1n) is 7.72. The first-order valence-corrected chi connectivity index (χ1v) is 7.72. The van der Waals surface area contributed by atoms with Gasteiger partial charge in [0.1, 0.15) is 11.4 Å². The van der Waals surface area contributed by atoms with Gasteiger partial charge in [-0.3, -0.25) is 10.1 Å². The summed E-state index contributed by atoms with van der Waals surface area (Å²) in [5.41, 5.74) is 0.390. The highest BCUT2D eigenvalue weighted by Crippen LogP contribution is 2.32. The molecule has 1 heterocycles. The molecule has 0 spiro atoms. The molecular formula is C16H19N3O7. The van der Waals surface area contributed by atoms with Crippen molar-refractivity contribution in [3.05, 3.63) is 40.1 Å². The molecule has 0 bridgehead atoms. The number of hydrogen-bond acceptors (Lipinski definition) is 9. The summed E-state index contributed by atoms with van der Waals surface area (Å²) in [6, 6.07) is 4.45. The number of nitro groups is 1. The number of anilines is 2. The van der Waals surface area contributed by atoms with Crippen molar-refractivity contribution in [2.75, 3.05) is 50.7 Å². The average Bonchev–Trinajstić information content (AvgIpc) is 2.67. The quantitative estimate of drug-likeness (QED) is 0.341. The van der Waals surface area contributed by atoms with Gasteiger partial charge in [0.2, 0.25) is 0 Å². The van der Waals surface area contributed by atoms with Crippen LogP contribution in [0.4, 0.5) is 17.1 Å². The normalized spacial score (nSPS) is 14.5. The third kappa shape index (κ3) is 4.70. The minimum absolute atomic E-state index is 0.126. The Kier molecular flexibility index (Phi) is 6.50. The number of carbonyl (C=O) groups excluding carboxylic acids is 2. The number of nitro benzene ring substituents is 1. The van der Waals surface area contributed by atoms with E-state index in [2.05, 4.69) is 14.8 Å². The van der Waals surface area contributed by atoms with Gasteiger partial charge in [0, 0.05) is 24.8 Å². The topological polar surface area (TPSA) is 120 Å². The Bertz CT molecular complexity index is 727.